The third-order valence-corrected chi connectivity index (χ3v) is 5.01. The molecule has 1 aliphatic heterocycles. The second-order valence-electron chi connectivity index (χ2n) is 6.82. The molecule has 138 valence electrons. The van der Waals surface area contributed by atoms with Crippen LogP contribution in [0.25, 0.3) is 10.9 Å². The Balaban J connectivity index is 1.51. The van der Waals surface area contributed by atoms with E-state index in [1.807, 2.05) is 24.0 Å². The average Bonchev–Trinajstić information content (AvgIpc) is 2.70. The third kappa shape index (κ3) is 3.16. The fourth-order valence-electron chi connectivity index (χ4n) is 3.46. The molecule has 27 heavy (non-hydrogen) atoms. The number of fused-ring (bicyclic) bond motifs is 1. The topological polar surface area (TPSA) is 71.3 Å². The van der Waals surface area contributed by atoms with Crippen LogP contribution in [-0.4, -0.2) is 51.5 Å². The van der Waals surface area contributed by atoms with Crippen molar-refractivity contribution >= 4 is 22.6 Å². The summed E-state index contributed by atoms with van der Waals surface area (Å²) in [7, 11) is 1.66. The van der Waals surface area contributed by atoms with Crippen LogP contribution < -0.4 is 10.5 Å². The van der Waals surface area contributed by atoms with Crippen molar-refractivity contribution in [1.29, 1.82) is 0 Å². The van der Waals surface area contributed by atoms with Gasteiger partial charge in [-0.05, 0) is 36.8 Å². The molecule has 0 unspecified atom stereocenters. The van der Waals surface area contributed by atoms with E-state index in [2.05, 4.69) is 14.9 Å². The number of aromatic nitrogens is 3. The van der Waals surface area contributed by atoms with Gasteiger partial charge in [0.05, 0.1) is 17.2 Å². The largest absolute Gasteiger partial charge is 0.353 e. The number of hydrogen-bond donors (Lipinski definition) is 0. The van der Waals surface area contributed by atoms with Crippen molar-refractivity contribution in [2.24, 2.45) is 7.05 Å². The van der Waals surface area contributed by atoms with Gasteiger partial charge in [0, 0.05) is 45.0 Å². The Morgan fingerprint density at radius 3 is 2.59 bits per heavy atom. The fourth-order valence-corrected chi connectivity index (χ4v) is 3.46. The summed E-state index contributed by atoms with van der Waals surface area (Å²) in [6.45, 7) is 4.81. The number of nitrogens with zero attached hydrogens (tertiary/aromatic N) is 5. The number of hydrogen-bond acceptors (Lipinski definition) is 5. The van der Waals surface area contributed by atoms with E-state index in [-0.39, 0.29) is 11.5 Å². The van der Waals surface area contributed by atoms with E-state index in [1.165, 1.54) is 10.9 Å². The van der Waals surface area contributed by atoms with Crippen molar-refractivity contribution in [3.63, 3.8) is 0 Å². The molecule has 2 aromatic heterocycles. The molecule has 0 spiro atoms. The van der Waals surface area contributed by atoms with Gasteiger partial charge in [-0.3, -0.25) is 9.59 Å². The molecule has 1 saturated heterocycles. The first-order valence-corrected chi connectivity index (χ1v) is 8.96. The standard InChI is InChI=1S/C20H21N5O2/c1-14-4-3-7-21-18(14)24-8-10-25(11-9-24)19(26)15-5-6-16-17(12-15)22-13-23(2)20(16)27/h3-7,12-13H,8-11H2,1-2H3. The molecule has 0 bridgehead atoms. The number of amides is 1. The second-order valence-corrected chi connectivity index (χ2v) is 6.82. The maximum atomic E-state index is 12.9. The van der Waals surface area contributed by atoms with Crippen LogP contribution in [0.5, 0.6) is 0 Å². The first-order valence-electron chi connectivity index (χ1n) is 8.96. The van der Waals surface area contributed by atoms with Crippen LogP contribution in [0.15, 0.2) is 47.7 Å². The molecule has 3 aromatic rings. The summed E-state index contributed by atoms with van der Waals surface area (Å²) in [5, 5.41) is 0.520. The maximum absolute atomic E-state index is 12.9. The highest BCUT2D eigenvalue weighted by atomic mass is 16.2. The van der Waals surface area contributed by atoms with Crippen molar-refractivity contribution in [2.45, 2.75) is 6.92 Å². The summed E-state index contributed by atoms with van der Waals surface area (Å²) in [4.78, 5) is 37.8. The molecule has 7 nitrogen and oxygen atoms in total. The molecular formula is C20H21N5O2. The third-order valence-electron chi connectivity index (χ3n) is 5.01. The number of pyridine rings is 1. The van der Waals surface area contributed by atoms with Gasteiger partial charge in [-0.25, -0.2) is 9.97 Å². The quantitative estimate of drug-likeness (QED) is 0.692. The van der Waals surface area contributed by atoms with Crippen LogP contribution in [0.1, 0.15) is 15.9 Å². The summed E-state index contributed by atoms with van der Waals surface area (Å²) in [5.41, 5.74) is 2.13. The van der Waals surface area contributed by atoms with Gasteiger partial charge in [-0.2, -0.15) is 0 Å². The van der Waals surface area contributed by atoms with Crippen LogP contribution in [0.2, 0.25) is 0 Å². The Hall–Kier alpha value is -3.22. The van der Waals surface area contributed by atoms with E-state index in [1.54, 1.807) is 31.4 Å². The summed E-state index contributed by atoms with van der Waals surface area (Å²) < 4.78 is 1.43. The smallest absolute Gasteiger partial charge is 0.260 e. The highest BCUT2D eigenvalue weighted by Crippen LogP contribution is 2.19. The predicted molar refractivity (Wildman–Crippen MR) is 104 cm³/mol. The minimum Gasteiger partial charge on any atom is -0.353 e. The molecule has 0 N–H and O–H groups in total. The van der Waals surface area contributed by atoms with Crippen molar-refractivity contribution in [1.82, 2.24) is 19.4 Å². The zero-order valence-corrected chi connectivity index (χ0v) is 15.4. The van der Waals surface area contributed by atoms with Gasteiger partial charge in [0.15, 0.2) is 0 Å². The molecule has 7 heteroatoms. The van der Waals surface area contributed by atoms with Gasteiger partial charge in [0.1, 0.15) is 5.82 Å². The van der Waals surface area contributed by atoms with Gasteiger partial charge in [0.2, 0.25) is 0 Å². The number of carbonyl (C=O) groups is 1. The Labute approximate surface area is 156 Å². The Morgan fingerprint density at radius 2 is 1.85 bits per heavy atom. The number of benzene rings is 1. The maximum Gasteiger partial charge on any atom is 0.260 e. The first-order chi connectivity index (χ1) is 13.0. The van der Waals surface area contributed by atoms with Gasteiger partial charge in [-0.15, -0.1) is 0 Å². The molecule has 0 atom stereocenters. The SMILES string of the molecule is Cc1cccnc1N1CCN(C(=O)c2ccc3c(=O)n(C)cnc3c2)CC1. The molecule has 1 aromatic carbocycles. The predicted octanol–water partition coefficient (Wildman–Crippen LogP) is 1.60. The molecule has 0 saturated carbocycles. The average molecular weight is 363 g/mol. The molecule has 1 aliphatic rings. The Kier molecular flexibility index (Phi) is 4.35. The molecule has 0 radical (unpaired) electrons. The lowest BCUT2D eigenvalue weighted by molar-refractivity contribution is 0.0746. The monoisotopic (exact) mass is 363 g/mol. The lowest BCUT2D eigenvalue weighted by atomic mass is 10.1. The lowest BCUT2D eigenvalue weighted by Gasteiger charge is -2.36. The van der Waals surface area contributed by atoms with E-state index in [9.17, 15) is 9.59 Å². The fraction of sp³-hybridized carbons (Fsp3) is 0.300. The Morgan fingerprint density at radius 1 is 1.07 bits per heavy atom. The van der Waals surface area contributed by atoms with Crippen LogP contribution in [0, 0.1) is 6.92 Å². The summed E-state index contributed by atoms with van der Waals surface area (Å²) in [6, 6.07) is 9.08. The van der Waals surface area contributed by atoms with Crippen LogP contribution in [0.3, 0.4) is 0 Å². The van der Waals surface area contributed by atoms with Crippen LogP contribution in [0.4, 0.5) is 5.82 Å². The first kappa shape index (κ1) is 17.2. The molecular weight excluding hydrogens is 342 g/mol. The highest BCUT2D eigenvalue weighted by Gasteiger charge is 2.23. The highest BCUT2D eigenvalue weighted by molar-refractivity contribution is 5.97. The van der Waals surface area contributed by atoms with Gasteiger partial charge < -0.3 is 14.4 Å². The Bertz CT molecular complexity index is 1070. The van der Waals surface area contributed by atoms with E-state index in [4.69, 9.17) is 0 Å². The van der Waals surface area contributed by atoms with Crippen LogP contribution >= 0.6 is 0 Å². The number of carbonyl (C=O) groups excluding carboxylic acids is 1. The number of rotatable bonds is 2. The van der Waals surface area contributed by atoms with Gasteiger partial charge in [0.25, 0.3) is 11.5 Å². The molecule has 1 amide bonds. The van der Waals surface area contributed by atoms with Gasteiger partial charge in [-0.1, -0.05) is 6.07 Å². The van der Waals surface area contributed by atoms with Gasteiger partial charge >= 0.3 is 0 Å². The minimum absolute atomic E-state index is 0.0308. The minimum atomic E-state index is -0.113. The zero-order valence-electron chi connectivity index (χ0n) is 15.4. The van der Waals surface area contributed by atoms with E-state index in [0.717, 1.165) is 24.5 Å². The summed E-state index contributed by atoms with van der Waals surface area (Å²) >= 11 is 0. The summed E-state index contributed by atoms with van der Waals surface area (Å²) in [5.74, 6) is 0.951. The molecule has 1 fully saturated rings. The number of aryl methyl sites for hydroxylation is 2. The van der Waals surface area contributed by atoms with Crippen molar-refractivity contribution in [2.75, 3.05) is 31.1 Å². The van der Waals surface area contributed by atoms with Crippen molar-refractivity contribution in [3.8, 4) is 0 Å². The lowest BCUT2D eigenvalue weighted by Crippen LogP contribution is -2.49. The summed E-state index contributed by atoms with van der Waals surface area (Å²) in [6.07, 6.45) is 3.28. The number of piperazine rings is 1. The molecule has 4 rings (SSSR count). The van der Waals surface area contributed by atoms with Crippen LogP contribution in [-0.2, 0) is 7.05 Å². The molecule has 3 heterocycles. The second kappa shape index (κ2) is 6.83. The van der Waals surface area contributed by atoms with E-state index in [0.29, 0.717) is 29.6 Å². The van der Waals surface area contributed by atoms with E-state index < -0.39 is 0 Å². The molecule has 0 aliphatic carbocycles. The van der Waals surface area contributed by atoms with Crippen molar-refractivity contribution in [3.05, 3.63) is 64.3 Å². The van der Waals surface area contributed by atoms with Crippen molar-refractivity contribution < 1.29 is 4.79 Å². The zero-order chi connectivity index (χ0) is 19.0. The normalized spacial score (nSPS) is 14.6. The number of anilines is 1. The van der Waals surface area contributed by atoms with E-state index >= 15 is 0 Å².